The Labute approximate surface area is 125 Å². The highest BCUT2D eigenvalue weighted by Gasteiger charge is 2.28. The number of amides is 1. The van der Waals surface area contributed by atoms with Crippen molar-refractivity contribution >= 4 is 12.1 Å². The molecule has 0 saturated heterocycles. The number of benzene rings is 1. The molecule has 1 atom stereocenters. The minimum atomic E-state index is -1.05. The van der Waals surface area contributed by atoms with Crippen molar-refractivity contribution in [2.24, 2.45) is 5.41 Å². The first-order chi connectivity index (χ1) is 9.84. The molecule has 0 aliphatic heterocycles. The van der Waals surface area contributed by atoms with Crippen LogP contribution in [0.5, 0.6) is 0 Å². The summed E-state index contributed by atoms with van der Waals surface area (Å²) in [6.45, 7) is 6.06. The molecule has 0 heterocycles. The van der Waals surface area contributed by atoms with Crippen molar-refractivity contribution in [2.45, 2.75) is 46.3 Å². The number of carboxylic acid groups (broad SMARTS) is 1. The van der Waals surface area contributed by atoms with Gasteiger partial charge in [-0.15, -0.1) is 0 Å². The van der Waals surface area contributed by atoms with Gasteiger partial charge in [0.2, 0.25) is 0 Å². The van der Waals surface area contributed by atoms with Crippen LogP contribution in [0, 0.1) is 5.41 Å². The Balaban J connectivity index is 2.51. The second-order valence-corrected chi connectivity index (χ2v) is 5.82. The Kier molecular flexibility index (Phi) is 6.21. The van der Waals surface area contributed by atoms with E-state index in [0.29, 0.717) is 6.42 Å². The monoisotopic (exact) mass is 293 g/mol. The van der Waals surface area contributed by atoms with Crippen LogP contribution in [-0.4, -0.2) is 23.2 Å². The third kappa shape index (κ3) is 6.29. The maximum atomic E-state index is 11.7. The lowest BCUT2D eigenvalue weighted by Crippen LogP contribution is -2.43. The van der Waals surface area contributed by atoms with Gasteiger partial charge in [0.05, 0.1) is 0 Å². The number of hydrogen-bond acceptors (Lipinski definition) is 3. The maximum Gasteiger partial charge on any atom is 0.408 e. The van der Waals surface area contributed by atoms with Crippen LogP contribution >= 0.6 is 0 Å². The molecular weight excluding hydrogens is 270 g/mol. The molecule has 0 saturated carbocycles. The summed E-state index contributed by atoms with van der Waals surface area (Å²) in [5.41, 5.74) is 0.698. The van der Waals surface area contributed by atoms with Gasteiger partial charge in [-0.05, 0) is 17.4 Å². The van der Waals surface area contributed by atoms with Gasteiger partial charge in [0.1, 0.15) is 12.6 Å². The van der Waals surface area contributed by atoms with Crippen molar-refractivity contribution < 1.29 is 19.4 Å². The lowest BCUT2D eigenvalue weighted by Gasteiger charge is -2.26. The number of carbonyl (C=O) groups excluding carboxylic acids is 1. The first-order valence-electron chi connectivity index (χ1n) is 7.04. The first-order valence-corrected chi connectivity index (χ1v) is 7.04. The Morgan fingerprint density at radius 2 is 1.90 bits per heavy atom. The molecule has 0 unspecified atom stereocenters. The van der Waals surface area contributed by atoms with Gasteiger partial charge in [0, 0.05) is 0 Å². The summed E-state index contributed by atoms with van der Waals surface area (Å²) >= 11 is 0. The summed E-state index contributed by atoms with van der Waals surface area (Å²) in [5.74, 6) is -1.05. The summed E-state index contributed by atoms with van der Waals surface area (Å²) in [5, 5.41) is 11.6. The smallest absolute Gasteiger partial charge is 0.408 e. The molecule has 21 heavy (non-hydrogen) atoms. The molecule has 0 radical (unpaired) electrons. The van der Waals surface area contributed by atoms with Crippen LogP contribution in [0.25, 0.3) is 0 Å². The lowest BCUT2D eigenvalue weighted by atomic mass is 9.83. The maximum absolute atomic E-state index is 11.7. The Morgan fingerprint density at radius 1 is 1.29 bits per heavy atom. The lowest BCUT2D eigenvalue weighted by molar-refractivity contribution is -0.140. The average molecular weight is 293 g/mol. The third-order valence-corrected chi connectivity index (χ3v) is 3.52. The molecule has 0 aliphatic carbocycles. The number of alkyl carbamates (subject to hydrolysis) is 1. The minimum Gasteiger partial charge on any atom is -0.480 e. The molecule has 1 rings (SSSR count). The van der Waals surface area contributed by atoms with Crippen LogP contribution in [0.1, 0.15) is 39.2 Å². The van der Waals surface area contributed by atoms with Gasteiger partial charge < -0.3 is 15.2 Å². The summed E-state index contributed by atoms with van der Waals surface area (Å²) in [6.07, 6.45) is 0.481. The molecule has 1 amide bonds. The van der Waals surface area contributed by atoms with Crippen LogP contribution in [0.15, 0.2) is 30.3 Å². The Bertz CT molecular complexity index is 470. The normalized spacial score (nSPS) is 12.5. The topological polar surface area (TPSA) is 75.6 Å². The number of aliphatic carboxylic acids is 1. The van der Waals surface area contributed by atoms with Crippen molar-refractivity contribution in [3.8, 4) is 0 Å². The molecular formula is C16H23NO4. The zero-order valence-electron chi connectivity index (χ0n) is 12.8. The number of rotatable bonds is 7. The highest BCUT2D eigenvalue weighted by Crippen LogP contribution is 2.26. The van der Waals surface area contributed by atoms with E-state index in [2.05, 4.69) is 5.32 Å². The zero-order chi connectivity index (χ0) is 15.9. The summed E-state index contributed by atoms with van der Waals surface area (Å²) < 4.78 is 5.04. The second-order valence-electron chi connectivity index (χ2n) is 5.82. The molecule has 0 fully saturated rings. The molecule has 5 heteroatoms. The van der Waals surface area contributed by atoms with Crippen LogP contribution in [0.3, 0.4) is 0 Å². The molecule has 0 aromatic heterocycles. The minimum absolute atomic E-state index is 0.121. The van der Waals surface area contributed by atoms with Crippen molar-refractivity contribution in [2.75, 3.05) is 0 Å². The van der Waals surface area contributed by atoms with E-state index >= 15 is 0 Å². The predicted molar refractivity (Wildman–Crippen MR) is 79.9 cm³/mol. The van der Waals surface area contributed by atoms with Crippen LogP contribution in [0.2, 0.25) is 0 Å². The Morgan fingerprint density at radius 3 is 2.43 bits per heavy atom. The number of nitrogens with one attached hydrogen (secondary N) is 1. The molecule has 0 aliphatic rings. The molecule has 1 aromatic carbocycles. The van der Waals surface area contributed by atoms with Gasteiger partial charge in [-0.25, -0.2) is 9.59 Å². The molecule has 116 valence electrons. The quantitative estimate of drug-likeness (QED) is 0.809. The van der Waals surface area contributed by atoms with Crippen LogP contribution in [-0.2, 0) is 16.1 Å². The van der Waals surface area contributed by atoms with Gasteiger partial charge in [-0.1, -0.05) is 57.5 Å². The van der Waals surface area contributed by atoms with Gasteiger partial charge >= 0.3 is 12.1 Å². The first kappa shape index (κ1) is 17.0. The molecule has 0 spiro atoms. The van der Waals surface area contributed by atoms with E-state index in [1.54, 1.807) is 0 Å². The second kappa shape index (κ2) is 7.67. The van der Waals surface area contributed by atoms with Gasteiger partial charge in [0.15, 0.2) is 0 Å². The summed E-state index contributed by atoms with van der Waals surface area (Å²) in [4.78, 5) is 22.9. The van der Waals surface area contributed by atoms with Gasteiger partial charge in [-0.3, -0.25) is 0 Å². The standard InChI is InChI=1S/C16H23NO4/c1-4-16(2,3)10-13(14(18)19)17-15(20)21-11-12-8-6-5-7-9-12/h5-9,13H,4,10-11H2,1-3H3,(H,17,20)(H,18,19)/t13-/m0/s1. The fourth-order valence-electron chi connectivity index (χ4n) is 1.80. The van der Waals surface area contributed by atoms with E-state index in [1.165, 1.54) is 0 Å². The van der Waals surface area contributed by atoms with E-state index in [9.17, 15) is 14.7 Å². The highest BCUT2D eigenvalue weighted by molar-refractivity contribution is 5.79. The molecule has 2 N–H and O–H groups in total. The Hall–Kier alpha value is -2.04. The SMILES string of the molecule is CCC(C)(C)C[C@H](NC(=O)OCc1ccccc1)C(=O)O. The van der Waals surface area contributed by atoms with Gasteiger partial charge in [0.25, 0.3) is 0 Å². The van der Waals surface area contributed by atoms with Crippen LogP contribution in [0.4, 0.5) is 4.79 Å². The van der Waals surface area contributed by atoms with E-state index in [-0.39, 0.29) is 12.0 Å². The van der Waals surface area contributed by atoms with Gasteiger partial charge in [-0.2, -0.15) is 0 Å². The number of ether oxygens (including phenoxy) is 1. The summed E-state index contributed by atoms with van der Waals surface area (Å²) in [7, 11) is 0. The van der Waals surface area contributed by atoms with Crippen molar-refractivity contribution in [3.05, 3.63) is 35.9 Å². The molecule has 5 nitrogen and oxygen atoms in total. The fraction of sp³-hybridized carbons (Fsp3) is 0.500. The van der Waals surface area contributed by atoms with Crippen molar-refractivity contribution in [1.29, 1.82) is 0 Å². The zero-order valence-corrected chi connectivity index (χ0v) is 12.8. The van der Waals surface area contributed by atoms with Crippen LogP contribution < -0.4 is 5.32 Å². The molecule has 0 bridgehead atoms. The number of carbonyl (C=O) groups is 2. The van der Waals surface area contributed by atoms with E-state index < -0.39 is 18.1 Å². The van der Waals surface area contributed by atoms with Crippen molar-refractivity contribution in [1.82, 2.24) is 5.32 Å². The summed E-state index contributed by atoms with van der Waals surface area (Å²) in [6, 6.07) is 8.30. The average Bonchev–Trinajstić information content (AvgIpc) is 2.45. The van der Waals surface area contributed by atoms with Crippen molar-refractivity contribution in [3.63, 3.8) is 0 Å². The largest absolute Gasteiger partial charge is 0.480 e. The fourth-order valence-corrected chi connectivity index (χ4v) is 1.80. The number of hydrogen-bond donors (Lipinski definition) is 2. The van der Waals surface area contributed by atoms with E-state index in [1.807, 2.05) is 51.1 Å². The predicted octanol–water partition coefficient (Wildman–Crippen LogP) is 3.19. The molecule has 1 aromatic rings. The number of carboxylic acids is 1. The van der Waals surface area contributed by atoms with E-state index in [4.69, 9.17) is 4.74 Å². The highest BCUT2D eigenvalue weighted by atomic mass is 16.5. The van der Waals surface area contributed by atoms with E-state index in [0.717, 1.165) is 12.0 Å². The third-order valence-electron chi connectivity index (χ3n) is 3.52.